The van der Waals surface area contributed by atoms with Crippen molar-refractivity contribution in [1.82, 2.24) is 15.3 Å². The van der Waals surface area contributed by atoms with Crippen LogP contribution in [0.3, 0.4) is 0 Å². The SMILES string of the molecule is Cc1cc(-c2ccc3c(ccc4sc5c(c43)NC[C@@H](C)NC5=O)n2)cnc1C(C)C. The van der Waals surface area contributed by atoms with E-state index in [1.807, 2.05) is 19.2 Å². The zero-order valence-corrected chi connectivity index (χ0v) is 18.4. The second kappa shape index (κ2) is 7.06. The van der Waals surface area contributed by atoms with Crippen LogP contribution in [0.4, 0.5) is 5.69 Å². The highest BCUT2D eigenvalue weighted by molar-refractivity contribution is 7.21. The first-order chi connectivity index (χ1) is 14.4. The first-order valence-electron chi connectivity index (χ1n) is 10.3. The molecule has 30 heavy (non-hydrogen) atoms. The first kappa shape index (κ1) is 19.0. The van der Waals surface area contributed by atoms with Crippen molar-refractivity contribution in [3.63, 3.8) is 0 Å². The molecule has 1 aliphatic heterocycles. The lowest BCUT2D eigenvalue weighted by molar-refractivity contribution is 0.0949. The number of hydrogen-bond acceptors (Lipinski definition) is 5. The number of thiophene rings is 1. The van der Waals surface area contributed by atoms with Gasteiger partial charge in [-0.3, -0.25) is 9.78 Å². The smallest absolute Gasteiger partial charge is 0.263 e. The van der Waals surface area contributed by atoms with Gasteiger partial charge in [-0.2, -0.15) is 0 Å². The molecule has 2 N–H and O–H groups in total. The number of nitrogens with zero attached hydrogens (tertiary/aromatic N) is 2. The van der Waals surface area contributed by atoms with Crippen LogP contribution in [0.15, 0.2) is 36.5 Å². The molecular formula is C24H24N4OS. The zero-order valence-electron chi connectivity index (χ0n) is 17.5. The van der Waals surface area contributed by atoms with Gasteiger partial charge in [0.25, 0.3) is 5.91 Å². The summed E-state index contributed by atoms with van der Waals surface area (Å²) in [5.74, 6) is 0.395. The largest absolute Gasteiger partial charge is 0.381 e. The molecule has 3 aromatic heterocycles. The maximum Gasteiger partial charge on any atom is 0.263 e. The second-order valence-corrected chi connectivity index (χ2v) is 9.40. The molecule has 0 aliphatic carbocycles. The highest BCUT2D eigenvalue weighted by Gasteiger charge is 2.24. The number of fused-ring (bicyclic) bond motifs is 5. The predicted molar refractivity (Wildman–Crippen MR) is 125 cm³/mol. The van der Waals surface area contributed by atoms with Crippen LogP contribution in [0, 0.1) is 6.92 Å². The van der Waals surface area contributed by atoms with Crippen molar-refractivity contribution in [3.05, 3.63) is 52.7 Å². The van der Waals surface area contributed by atoms with Crippen LogP contribution in [0.1, 0.15) is 47.6 Å². The van der Waals surface area contributed by atoms with Crippen molar-refractivity contribution < 1.29 is 4.79 Å². The molecule has 1 aromatic carbocycles. The van der Waals surface area contributed by atoms with E-state index in [-0.39, 0.29) is 11.9 Å². The van der Waals surface area contributed by atoms with E-state index >= 15 is 0 Å². The molecule has 4 heterocycles. The molecule has 5 nitrogen and oxygen atoms in total. The molecular weight excluding hydrogens is 392 g/mol. The van der Waals surface area contributed by atoms with Crippen LogP contribution < -0.4 is 10.6 Å². The molecule has 0 saturated carbocycles. The summed E-state index contributed by atoms with van der Waals surface area (Å²) in [6.45, 7) is 9.14. The fourth-order valence-electron chi connectivity index (χ4n) is 4.22. The monoisotopic (exact) mass is 416 g/mol. The minimum Gasteiger partial charge on any atom is -0.381 e. The number of aromatic nitrogens is 2. The predicted octanol–water partition coefficient (Wildman–Crippen LogP) is 5.49. The molecule has 4 aromatic rings. The molecule has 1 aliphatic rings. The first-order valence-corrected chi connectivity index (χ1v) is 11.1. The van der Waals surface area contributed by atoms with Gasteiger partial charge in [0.1, 0.15) is 4.88 Å². The topological polar surface area (TPSA) is 66.9 Å². The number of benzene rings is 1. The van der Waals surface area contributed by atoms with Gasteiger partial charge in [-0.05, 0) is 55.7 Å². The summed E-state index contributed by atoms with van der Waals surface area (Å²) in [5.41, 5.74) is 6.09. The molecule has 0 saturated heterocycles. The van der Waals surface area contributed by atoms with Crippen molar-refractivity contribution in [2.75, 3.05) is 11.9 Å². The number of anilines is 1. The third kappa shape index (κ3) is 3.03. The number of nitrogens with one attached hydrogen (secondary N) is 2. The average molecular weight is 417 g/mol. The average Bonchev–Trinajstić information content (AvgIpc) is 3.04. The maximum absolute atomic E-state index is 12.6. The number of rotatable bonds is 2. The van der Waals surface area contributed by atoms with E-state index in [4.69, 9.17) is 4.98 Å². The summed E-state index contributed by atoms with van der Waals surface area (Å²) in [4.78, 5) is 23.0. The molecule has 0 unspecified atom stereocenters. The number of aryl methyl sites for hydroxylation is 1. The van der Waals surface area contributed by atoms with Gasteiger partial charge < -0.3 is 10.6 Å². The number of carbonyl (C=O) groups is 1. The van der Waals surface area contributed by atoms with Gasteiger partial charge >= 0.3 is 0 Å². The van der Waals surface area contributed by atoms with E-state index in [0.29, 0.717) is 12.5 Å². The van der Waals surface area contributed by atoms with E-state index in [0.717, 1.165) is 48.5 Å². The molecule has 152 valence electrons. The van der Waals surface area contributed by atoms with Crippen LogP contribution >= 0.6 is 11.3 Å². The molecule has 0 spiro atoms. The van der Waals surface area contributed by atoms with E-state index in [1.165, 1.54) is 16.9 Å². The Hall–Kier alpha value is -2.99. The lowest BCUT2D eigenvalue weighted by Gasteiger charge is -2.11. The van der Waals surface area contributed by atoms with Gasteiger partial charge in [-0.1, -0.05) is 13.8 Å². The molecule has 1 amide bonds. The van der Waals surface area contributed by atoms with Crippen molar-refractivity contribution in [3.8, 4) is 11.3 Å². The summed E-state index contributed by atoms with van der Waals surface area (Å²) in [6, 6.07) is 10.5. The fourth-order valence-corrected chi connectivity index (χ4v) is 5.31. The van der Waals surface area contributed by atoms with E-state index < -0.39 is 0 Å². The Morgan fingerprint density at radius 2 is 2.03 bits per heavy atom. The van der Waals surface area contributed by atoms with Crippen LogP contribution in [-0.4, -0.2) is 28.5 Å². The van der Waals surface area contributed by atoms with Crippen LogP contribution in [-0.2, 0) is 0 Å². The highest BCUT2D eigenvalue weighted by atomic mass is 32.1. The minimum absolute atomic E-state index is 0.00628. The minimum atomic E-state index is -0.00628. The molecule has 5 rings (SSSR count). The standard InChI is InChI=1S/C24H24N4OS/c1-12(2)21-13(3)9-15(11-26-21)17-6-5-16-18(28-17)7-8-19-20(16)22-23(30-19)24(29)27-14(4)10-25-22/h5-9,11-12,14,25H,10H2,1-4H3,(H,27,29)/t14-/m1/s1. The third-order valence-electron chi connectivity index (χ3n) is 5.65. The van der Waals surface area contributed by atoms with E-state index in [9.17, 15) is 4.79 Å². The summed E-state index contributed by atoms with van der Waals surface area (Å²) >= 11 is 1.53. The Kier molecular flexibility index (Phi) is 4.47. The molecule has 0 radical (unpaired) electrons. The molecule has 1 atom stereocenters. The highest BCUT2D eigenvalue weighted by Crippen LogP contribution is 2.41. The van der Waals surface area contributed by atoms with E-state index in [1.54, 1.807) is 0 Å². The number of carbonyl (C=O) groups excluding carboxylic acids is 1. The van der Waals surface area contributed by atoms with Gasteiger partial charge in [0.2, 0.25) is 0 Å². The Balaban J connectivity index is 1.65. The second-order valence-electron chi connectivity index (χ2n) is 8.34. The van der Waals surface area contributed by atoms with Crippen LogP contribution in [0.5, 0.6) is 0 Å². The fraction of sp³-hybridized carbons (Fsp3) is 0.292. The van der Waals surface area contributed by atoms with Crippen LogP contribution in [0.25, 0.3) is 32.2 Å². The third-order valence-corrected chi connectivity index (χ3v) is 6.81. The summed E-state index contributed by atoms with van der Waals surface area (Å²) in [7, 11) is 0. The summed E-state index contributed by atoms with van der Waals surface area (Å²) in [5, 5.41) is 8.67. The number of amides is 1. The Morgan fingerprint density at radius 3 is 2.80 bits per heavy atom. The quantitative estimate of drug-likeness (QED) is 0.454. The van der Waals surface area contributed by atoms with Gasteiger partial charge in [0.15, 0.2) is 0 Å². The van der Waals surface area contributed by atoms with Crippen molar-refractivity contribution >= 4 is 43.9 Å². The lowest BCUT2D eigenvalue weighted by Crippen LogP contribution is -2.34. The van der Waals surface area contributed by atoms with Crippen molar-refractivity contribution in [2.45, 2.75) is 39.7 Å². The lowest BCUT2D eigenvalue weighted by atomic mass is 10.0. The Bertz CT molecular complexity index is 1310. The number of pyridine rings is 2. The summed E-state index contributed by atoms with van der Waals surface area (Å²) in [6.07, 6.45) is 1.92. The van der Waals surface area contributed by atoms with Crippen LogP contribution in [0.2, 0.25) is 0 Å². The normalized spacial score (nSPS) is 16.4. The maximum atomic E-state index is 12.6. The molecule has 6 heteroatoms. The molecule has 0 fully saturated rings. The zero-order chi connectivity index (χ0) is 21.0. The van der Waals surface area contributed by atoms with Gasteiger partial charge in [-0.25, -0.2) is 4.98 Å². The van der Waals surface area contributed by atoms with Crippen molar-refractivity contribution in [2.24, 2.45) is 0 Å². The Labute approximate surface area is 179 Å². The molecule has 0 bridgehead atoms. The Morgan fingerprint density at radius 1 is 1.20 bits per heavy atom. The number of hydrogen-bond donors (Lipinski definition) is 2. The summed E-state index contributed by atoms with van der Waals surface area (Å²) < 4.78 is 1.10. The van der Waals surface area contributed by atoms with Gasteiger partial charge in [-0.15, -0.1) is 11.3 Å². The van der Waals surface area contributed by atoms with Crippen molar-refractivity contribution in [1.29, 1.82) is 0 Å². The van der Waals surface area contributed by atoms with E-state index in [2.05, 4.69) is 60.7 Å². The van der Waals surface area contributed by atoms with Gasteiger partial charge in [0.05, 0.1) is 16.9 Å². The van der Waals surface area contributed by atoms with Gasteiger partial charge in [0, 0.05) is 45.5 Å².